The van der Waals surface area contributed by atoms with Crippen molar-refractivity contribution in [3.05, 3.63) is 22.7 Å². The topological polar surface area (TPSA) is 44.5 Å². The molecule has 0 aliphatic heterocycles. The molecule has 0 saturated heterocycles. The summed E-state index contributed by atoms with van der Waals surface area (Å²) in [5, 5.41) is 0.550. The van der Waals surface area contributed by atoms with Crippen molar-refractivity contribution in [2.24, 2.45) is 11.7 Å². The third-order valence-electron chi connectivity index (χ3n) is 2.47. The standard InChI is InChI=1S/C13H20ClNO2/c1-9(2)4-5-17-13-11(14)6-10(8-15)7-12(13)16-3/h6-7,9H,4-5,8,15H2,1-3H3. The molecule has 17 heavy (non-hydrogen) atoms. The van der Waals surface area contributed by atoms with E-state index in [4.69, 9.17) is 26.8 Å². The fourth-order valence-corrected chi connectivity index (χ4v) is 1.72. The smallest absolute Gasteiger partial charge is 0.179 e. The summed E-state index contributed by atoms with van der Waals surface area (Å²) in [5.41, 5.74) is 6.51. The first kappa shape index (κ1) is 14.1. The second kappa shape index (κ2) is 6.72. The van der Waals surface area contributed by atoms with Crippen molar-refractivity contribution in [1.82, 2.24) is 0 Å². The first-order valence-electron chi connectivity index (χ1n) is 5.77. The highest BCUT2D eigenvalue weighted by Gasteiger charge is 2.11. The Balaban J connectivity index is 2.82. The van der Waals surface area contributed by atoms with Crippen LogP contribution in [0.4, 0.5) is 0 Å². The van der Waals surface area contributed by atoms with Gasteiger partial charge in [-0.1, -0.05) is 25.4 Å². The number of benzene rings is 1. The number of methoxy groups -OCH3 is 1. The van der Waals surface area contributed by atoms with Crippen LogP contribution in [0.1, 0.15) is 25.8 Å². The minimum atomic E-state index is 0.433. The van der Waals surface area contributed by atoms with Crippen molar-refractivity contribution in [1.29, 1.82) is 0 Å². The maximum Gasteiger partial charge on any atom is 0.179 e. The molecule has 0 radical (unpaired) electrons. The van der Waals surface area contributed by atoms with Crippen LogP contribution >= 0.6 is 11.6 Å². The number of ether oxygens (including phenoxy) is 2. The van der Waals surface area contributed by atoms with Gasteiger partial charge < -0.3 is 15.2 Å². The molecule has 4 heteroatoms. The Labute approximate surface area is 108 Å². The molecule has 0 unspecified atom stereocenters. The molecule has 0 saturated carbocycles. The van der Waals surface area contributed by atoms with Crippen molar-refractivity contribution in [3.8, 4) is 11.5 Å². The highest BCUT2D eigenvalue weighted by atomic mass is 35.5. The Morgan fingerprint density at radius 2 is 2.06 bits per heavy atom. The highest BCUT2D eigenvalue weighted by molar-refractivity contribution is 6.32. The number of hydrogen-bond donors (Lipinski definition) is 1. The van der Waals surface area contributed by atoms with Crippen LogP contribution in [0.5, 0.6) is 11.5 Å². The van der Waals surface area contributed by atoms with E-state index in [-0.39, 0.29) is 0 Å². The lowest BCUT2D eigenvalue weighted by Gasteiger charge is -2.14. The third kappa shape index (κ3) is 4.10. The van der Waals surface area contributed by atoms with Gasteiger partial charge in [-0.2, -0.15) is 0 Å². The molecule has 1 aromatic carbocycles. The molecule has 0 fully saturated rings. The van der Waals surface area contributed by atoms with Crippen LogP contribution in [0.15, 0.2) is 12.1 Å². The van der Waals surface area contributed by atoms with Crippen molar-refractivity contribution >= 4 is 11.6 Å². The molecule has 0 bridgehead atoms. The molecule has 0 spiro atoms. The zero-order chi connectivity index (χ0) is 12.8. The van der Waals surface area contributed by atoms with Gasteiger partial charge in [-0.05, 0) is 30.0 Å². The minimum absolute atomic E-state index is 0.433. The van der Waals surface area contributed by atoms with E-state index in [2.05, 4.69) is 13.8 Å². The summed E-state index contributed by atoms with van der Waals surface area (Å²) in [6.45, 7) is 5.37. The van der Waals surface area contributed by atoms with Gasteiger partial charge in [0.05, 0.1) is 18.7 Å². The predicted molar refractivity (Wildman–Crippen MR) is 70.8 cm³/mol. The lowest BCUT2D eigenvalue weighted by Crippen LogP contribution is -2.04. The Morgan fingerprint density at radius 1 is 1.35 bits per heavy atom. The third-order valence-corrected chi connectivity index (χ3v) is 2.75. The lowest BCUT2D eigenvalue weighted by molar-refractivity contribution is 0.273. The summed E-state index contributed by atoms with van der Waals surface area (Å²) >= 11 is 6.15. The number of hydrogen-bond acceptors (Lipinski definition) is 3. The molecular formula is C13H20ClNO2. The SMILES string of the molecule is COc1cc(CN)cc(Cl)c1OCCC(C)C. The largest absolute Gasteiger partial charge is 0.493 e. The van der Waals surface area contributed by atoms with Gasteiger partial charge >= 0.3 is 0 Å². The Morgan fingerprint density at radius 3 is 2.59 bits per heavy atom. The van der Waals surface area contributed by atoms with E-state index in [1.54, 1.807) is 7.11 Å². The summed E-state index contributed by atoms with van der Waals surface area (Å²) in [6.07, 6.45) is 0.984. The quantitative estimate of drug-likeness (QED) is 0.851. The maximum absolute atomic E-state index is 6.15. The molecule has 0 heterocycles. The molecule has 0 atom stereocenters. The fraction of sp³-hybridized carbons (Fsp3) is 0.538. The van der Waals surface area contributed by atoms with Crippen LogP contribution in [0.3, 0.4) is 0 Å². The monoisotopic (exact) mass is 257 g/mol. The van der Waals surface area contributed by atoms with E-state index >= 15 is 0 Å². The second-order valence-electron chi connectivity index (χ2n) is 4.34. The van der Waals surface area contributed by atoms with Crippen molar-refractivity contribution < 1.29 is 9.47 Å². The molecule has 0 amide bonds. The van der Waals surface area contributed by atoms with Crippen LogP contribution < -0.4 is 15.2 Å². The summed E-state index contributed by atoms with van der Waals surface area (Å²) in [5.74, 6) is 1.84. The summed E-state index contributed by atoms with van der Waals surface area (Å²) in [6, 6.07) is 3.67. The first-order chi connectivity index (χ1) is 8.08. The van der Waals surface area contributed by atoms with Crippen molar-refractivity contribution in [2.75, 3.05) is 13.7 Å². The van der Waals surface area contributed by atoms with Crippen LogP contribution in [0.2, 0.25) is 5.02 Å². The van der Waals surface area contributed by atoms with Gasteiger partial charge in [0.2, 0.25) is 0 Å². The molecule has 0 aromatic heterocycles. The molecule has 1 rings (SSSR count). The fourth-order valence-electron chi connectivity index (χ4n) is 1.43. The van der Waals surface area contributed by atoms with Gasteiger partial charge in [0.25, 0.3) is 0 Å². The summed E-state index contributed by atoms with van der Waals surface area (Å²) < 4.78 is 10.9. The first-order valence-corrected chi connectivity index (χ1v) is 6.15. The predicted octanol–water partition coefficient (Wildman–Crippen LogP) is 3.23. The van der Waals surface area contributed by atoms with Gasteiger partial charge in [-0.25, -0.2) is 0 Å². The maximum atomic E-state index is 6.15. The van der Waals surface area contributed by atoms with Crippen molar-refractivity contribution in [2.45, 2.75) is 26.8 Å². The van der Waals surface area contributed by atoms with E-state index in [9.17, 15) is 0 Å². The van der Waals surface area contributed by atoms with E-state index in [0.717, 1.165) is 12.0 Å². The molecule has 1 aromatic rings. The summed E-state index contributed by atoms with van der Waals surface area (Å²) in [4.78, 5) is 0. The molecule has 0 aliphatic rings. The van der Waals surface area contributed by atoms with E-state index < -0.39 is 0 Å². The molecule has 0 aliphatic carbocycles. The number of rotatable bonds is 6. The Kier molecular flexibility index (Phi) is 5.59. The Bertz CT molecular complexity index is 367. The zero-order valence-corrected chi connectivity index (χ0v) is 11.4. The van der Waals surface area contributed by atoms with Gasteiger partial charge in [0.1, 0.15) is 0 Å². The number of halogens is 1. The van der Waals surface area contributed by atoms with E-state index in [1.165, 1.54) is 0 Å². The minimum Gasteiger partial charge on any atom is -0.493 e. The molecule has 2 N–H and O–H groups in total. The van der Waals surface area contributed by atoms with Gasteiger partial charge in [-0.3, -0.25) is 0 Å². The average Bonchev–Trinajstić information content (AvgIpc) is 2.30. The molecule has 3 nitrogen and oxygen atoms in total. The zero-order valence-electron chi connectivity index (χ0n) is 10.6. The molecular weight excluding hydrogens is 238 g/mol. The van der Waals surface area contributed by atoms with Gasteiger partial charge in [0, 0.05) is 6.54 Å². The normalized spacial score (nSPS) is 10.7. The van der Waals surface area contributed by atoms with Crippen LogP contribution in [-0.2, 0) is 6.54 Å². The summed E-state index contributed by atoms with van der Waals surface area (Å²) in [7, 11) is 1.60. The van der Waals surface area contributed by atoms with E-state index in [0.29, 0.717) is 35.6 Å². The van der Waals surface area contributed by atoms with Crippen molar-refractivity contribution in [3.63, 3.8) is 0 Å². The Hall–Kier alpha value is -0.930. The van der Waals surface area contributed by atoms with Crippen LogP contribution in [0.25, 0.3) is 0 Å². The second-order valence-corrected chi connectivity index (χ2v) is 4.75. The van der Waals surface area contributed by atoms with Crippen LogP contribution in [-0.4, -0.2) is 13.7 Å². The lowest BCUT2D eigenvalue weighted by atomic mass is 10.1. The van der Waals surface area contributed by atoms with E-state index in [1.807, 2.05) is 12.1 Å². The average molecular weight is 258 g/mol. The molecule has 96 valence electrons. The van der Waals surface area contributed by atoms with Crippen LogP contribution in [0, 0.1) is 5.92 Å². The van der Waals surface area contributed by atoms with Gasteiger partial charge in [0.15, 0.2) is 11.5 Å². The highest BCUT2D eigenvalue weighted by Crippen LogP contribution is 2.36. The van der Waals surface area contributed by atoms with Gasteiger partial charge in [-0.15, -0.1) is 0 Å². The number of nitrogens with two attached hydrogens (primary N) is 1.